The molecule has 0 saturated carbocycles. The Kier molecular flexibility index (Phi) is 14.3. The van der Waals surface area contributed by atoms with Crippen LogP contribution in [0.4, 0.5) is 0 Å². The second-order valence-electron chi connectivity index (χ2n) is 18.6. The predicted molar refractivity (Wildman–Crippen MR) is 350 cm³/mol. The fourth-order valence-electron chi connectivity index (χ4n) is 10.0. The summed E-state index contributed by atoms with van der Waals surface area (Å²) in [6.07, 6.45) is 0. The van der Waals surface area contributed by atoms with Crippen molar-refractivity contribution >= 4 is 179 Å². The van der Waals surface area contributed by atoms with E-state index in [2.05, 4.69) is 255 Å². The minimum absolute atomic E-state index is 0.962. The highest BCUT2D eigenvalue weighted by molar-refractivity contribution is 7.27. The molecule has 0 amide bonds. The van der Waals surface area contributed by atoms with E-state index in [1.54, 1.807) is 0 Å². The van der Waals surface area contributed by atoms with Crippen LogP contribution in [0.25, 0.3) is 123 Å². The molecule has 0 aliphatic heterocycles. The molecule has 0 saturated heterocycles. The number of rotatable bonds is 0. The van der Waals surface area contributed by atoms with E-state index in [-0.39, 0.29) is 0 Å². The van der Waals surface area contributed by atoms with E-state index in [9.17, 15) is 0 Å². The predicted octanol–water partition coefficient (Wildman–Crippen LogP) is 23.9. The largest absolute Gasteiger partial charge is 0.456 e. The lowest BCUT2D eigenvalue weighted by Crippen LogP contribution is -1.62. The van der Waals surface area contributed by atoms with E-state index in [1.165, 1.54) is 112 Å². The molecular weight excluding hydrogens is 1040 g/mol. The summed E-state index contributed by atoms with van der Waals surface area (Å²) >= 11 is 9.31. The van der Waals surface area contributed by atoms with Crippen molar-refractivity contribution in [3.8, 4) is 0 Å². The van der Waals surface area contributed by atoms with Gasteiger partial charge in [0.15, 0.2) is 0 Å². The van der Waals surface area contributed by atoms with Gasteiger partial charge in [-0.2, -0.15) is 0 Å². The molecule has 0 unspecified atom stereocenters. The van der Waals surface area contributed by atoms with Crippen molar-refractivity contribution in [2.45, 2.75) is 0 Å². The maximum absolute atomic E-state index is 5.65. The molecule has 0 fully saturated rings. The van der Waals surface area contributed by atoms with Gasteiger partial charge in [0.2, 0.25) is 0 Å². The normalized spacial score (nSPS) is 11.1. The van der Waals surface area contributed by atoms with Gasteiger partial charge in [-0.05, 0) is 72.8 Å². The van der Waals surface area contributed by atoms with Gasteiger partial charge in [0.05, 0.1) is 0 Å². The van der Waals surface area contributed by atoms with Gasteiger partial charge in [-0.1, -0.05) is 218 Å². The zero-order chi connectivity index (χ0) is 52.0. The van der Waals surface area contributed by atoms with Gasteiger partial charge in [-0.15, -0.1) is 56.7 Å². The van der Waals surface area contributed by atoms with Gasteiger partial charge in [0.1, 0.15) is 11.2 Å². The van der Waals surface area contributed by atoms with E-state index in [0.29, 0.717) is 0 Å². The maximum Gasteiger partial charge on any atom is 0.135 e. The average molecular weight is 1090 g/mol. The quantitative estimate of drug-likeness (QED) is 0.148. The number of fused-ring (bicyclic) bond motifs is 18. The number of furan rings is 1. The van der Waals surface area contributed by atoms with Gasteiger partial charge in [-0.3, -0.25) is 0 Å². The van der Waals surface area contributed by atoms with E-state index >= 15 is 0 Å². The molecule has 1 nitrogen and oxygen atoms in total. The zero-order valence-electron chi connectivity index (χ0n) is 42.2. The SMILES string of the molecule is c1ccc2c(c1)oc1ccccc12.c1ccc2c(c1)sc1ccccc12.c1ccc2c(c1)sc1ccccc12.c1ccc2c(c1)sc1ccccc12.c1ccc2c(c1)sc1ccccc12.c1ccc2c(c1)sc1ccccc12. The molecule has 18 rings (SSSR count). The van der Waals surface area contributed by atoms with Crippen molar-refractivity contribution in [1.82, 2.24) is 0 Å². The summed E-state index contributed by atoms with van der Waals surface area (Å²) in [5.41, 5.74) is 1.92. The molecule has 0 aliphatic rings. The highest BCUT2D eigenvalue weighted by atomic mass is 32.1. The number of thiophene rings is 5. The average Bonchev–Trinajstić information content (AvgIpc) is 4.38. The van der Waals surface area contributed by atoms with Gasteiger partial charge >= 0.3 is 0 Å². The van der Waals surface area contributed by atoms with Crippen molar-refractivity contribution in [2.24, 2.45) is 0 Å². The summed E-state index contributed by atoms with van der Waals surface area (Å²) in [5, 5.41) is 16.2. The lowest BCUT2D eigenvalue weighted by molar-refractivity contribution is 0.669. The molecule has 0 aliphatic carbocycles. The summed E-state index contributed by atoms with van der Waals surface area (Å²) in [6, 6.07) is 102. The minimum atomic E-state index is 0.962. The molecule has 0 radical (unpaired) electrons. The van der Waals surface area contributed by atoms with Crippen LogP contribution in [-0.2, 0) is 0 Å². The Morgan fingerprint density at radius 1 is 0.141 bits per heavy atom. The third kappa shape index (κ3) is 10.2. The summed E-state index contributed by atoms with van der Waals surface area (Å²) in [7, 11) is 0. The first kappa shape index (κ1) is 49.1. The lowest BCUT2D eigenvalue weighted by atomic mass is 10.2. The first-order valence-electron chi connectivity index (χ1n) is 25.9. The Balaban J connectivity index is 0.0000000890. The molecule has 0 bridgehead atoms. The third-order valence-electron chi connectivity index (χ3n) is 13.7. The highest BCUT2D eigenvalue weighted by Crippen LogP contribution is 2.37. The highest BCUT2D eigenvalue weighted by Gasteiger charge is 2.07. The topological polar surface area (TPSA) is 13.1 Å². The summed E-state index contributed by atoms with van der Waals surface area (Å²) in [4.78, 5) is 0. The lowest BCUT2D eigenvalue weighted by Gasteiger charge is -1.88. The number of hydrogen-bond donors (Lipinski definition) is 0. The molecule has 372 valence electrons. The Morgan fingerprint density at radius 2 is 0.269 bits per heavy atom. The Bertz CT molecular complexity index is 3900. The molecule has 78 heavy (non-hydrogen) atoms. The molecule has 18 aromatic rings. The van der Waals surface area contributed by atoms with Crippen LogP contribution in [0.1, 0.15) is 0 Å². The molecule has 6 aromatic heterocycles. The number of benzene rings is 12. The monoisotopic (exact) mass is 1090 g/mol. The van der Waals surface area contributed by atoms with Crippen LogP contribution in [0.2, 0.25) is 0 Å². The fraction of sp³-hybridized carbons (Fsp3) is 0. The van der Waals surface area contributed by atoms with Crippen LogP contribution in [0.15, 0.2) is 296 Å². The molecule has 6 heteroatoms. The van der Waals surface area contributed by atoms with Crippen LogP contribution in [0.3, 0.4) is 0 Å². The van der Waals surface area contributed by atoms with E-state index < -0.39 is 0 Å². The summed E-state index contributed by atoms with van der Waals surface area (Å²) in [5.74, 6) is 0. The Hall–Kier alpha value is -8.46. The third-order valence-corrected chi connectivity index (χ3v) is 19.5. The first-order chi connectivity index (χ1) is 38.7. The molecule has 12 aromatic carbocycles. The standard InChI is InChI=1S/C12H8O.5C12H8S/c6*1-3-7-11-9(5-1)10-6-2-4-8-12(10)13-11/h6*1-8H. The smallest absolute Gasteiger partial charge is 0.135 e. The summed E-state index contributed by atoms with van der Waals surface area (Å²) < 4.78 is 19.4. The van der Waals surface area contributed by atoms with Crippen molar-refractivity contribution in [3.05, 3.63) is 291 Å². The minimum Gasteiger partial charge on any atom is -0.456 e. The molecular formula is C72H48OS5. The van der Waals surface area contributed by atoms with Crippen LogP contribution >= 0.6 is 56.7 Å². The van der Waals surface area contributed by atoms with Crippen molar-refractivity contribution in [2.75, 3.05) is 0 Å². The Labute approximate surface area is 471 Å². The van der Waals surface area contributed by atoms with Crippen molar-refractivity contribution < 1.29 is 4.42 Å². The van der Waals surface area contributed by atoms with Crippen LogP contribution in [0.5, 0.6) is 0 Å². The summed E-state index contributed by atoms with van der Waals surface area (Å²) in [6.45, 7) is 0. The fourth-order valence-corrected chi connectivity index (χ4v) is 15.6. The maximum atomic E-state index is 5.65. The first-order valence-corrected chi connectivity index (χ1v) is 30.0. The van der Waals surface area contributed by atoms with Gasteiger partial charge in [-0.25, -0.2) is 0 Å². The van der Waals surface area contributed by atoms with E-state index in [1.807, 2.05) is 93.1 Å². The van der Waals surface area contributed by atoms with Crippen LogP contribution in [0, 0.1) is 0 Å². The molecule has 0 atom stereocenters. The van der Waals surface area contributed by atoms with Crippen molar-refractivity contribution in [1.29, 1.82) is 0 Å². The van der Waals surface area contributed by atoms with Crippen LogP contribution in [-0.4, -0.2) is 0 Å². The molecule has 0 spiro atoms. The Morgan fingerprint density at radius 3 is 0.436 bits per heavy atom. The second-order valence-corrected chi connectivity index (χ2v) is 24.0. The second kappa shape index (κ2) is 22.6. The number of para-hydroxylation sites is 2. The number of hydrogen-bond acceptors (Lipinski definition) is 6. The van der Waals surface area contributed by atoms with Gasteiger partial charge in [0, 0.05) is 112 Å². The van der Waals surface area contributed by atoms with Crippen LogP contribution < -0.4 is 0 Å². The van der Waals surface area contributed by atoms with Gasteiger partial charge in [0.25, 0.3) is 0 Å². The van der Waals surface area contributed by atoms with E-state index in [4.69, 9.17) is 4.42 Å². The molecule has 6 heterocycles. The van der Waals surface area contributed by atoms with Crippen molar-refractivity contribution in [3.63, 3.8) is 0 Å². The van der Waals surface area contributed by atoms with E-state index in [0.717, 1.165) is 11.2 Å². The zero-order valence-corrected chi connectivity index (χ0v) is 46.2. The van der Waals surface area contributed by atoms with Gasteiger partial charge < -0.3 is 4.42 Å². The molecule has 0 N–H and O–H groups in total.